The van der Waals surface area contributed by atoms with E-state index in [0.29, 0.717) is 30.2 Å². The van der Waals surface area contributed by atoms with Gasteiger partial charge in [-0.2, -0.15) is 5.10 Å². The molecule has 1 aromatic carbocycles. The monoisotopic (exact) mass is 522 g/mol. The average molecular weight is 523 g/mol. The Morgan fingerprint density at radius 3 is 2.62 bits per heavy atom. The molecule has 3 aliphatic heterocycles. The minimum Gasteiger partial charge on any atom is -0.508 e. The summed E-state index contributed by atoms with van der Waals surface area (Å²) in [7, 11) is 0. The van der Waals surface area contributed by atoms with Gasteiger partial charge in [-0.3, -0.25) is 9.58 Å². The number of anilines is 1. The van der Waals surface area contributed by atoms with E-state index in [1.165, 1.54) is 31.0 Å². The number of benzene rings is 1. The Kier molecular flexibility index (Phi) is 5.00. The molecule has 2 N–H and O–H groups in total. The molecule has 4 fully saturated rings. The molecule has 4 aliphatic rings. The summed E-state index contributed by atoms with van der Waals surface area (Å²) in [5.74, 6) is 0.771. The summed E-state index contributed by atoms with van der Waals surface area (Å²) >= 11 is 0. The Hall–Kier alpha value is -4.31. The van der Waals surface area contributed by atoms with Crippen LogP contribution in [0.4, 0.5) is 10.2 Å². The van der Waals surface area contributed by atoms with Crippen molar-refractivity contribution in [1.29, 1.82) is 0 Å². The minimum atomic E-state index is -0.319. The van der Waals surface area contributed by atoms with Crippen molar-refractivity contribution in [3.05, 3.63) is 72.7 Å². The zero-order chi connectivity index (χ0) is 26.1. The molecule has 196 valence electrons. The lowest BCUT2D eigenvalue weighted by molar-refractivity contribution is -0.00921. The second-order valence-electron chi connectivity index (χ2n) is 10.9. The van der Waals surface area contributed by atoms with Gasteiger partial charge in [0, 0.05) is 66.2 Å². The van der Waals surface area contributed by atoms with Crippen LogP contribution in [0.2, 0.25) is 0 Å². The molecule has 4 aromatic heterocycles. The second kappa shape index (κ2) is 8.60. The van der Waals surface area contributed by atoms with Crippen LogP contribution in [0, 0.1) is 5.82 Å². The van der Waals surface area contributed by atoms with Gasteiger partial charge in [0.05, 0.1) is 23.6 Å². The first kappa shape index (κ1) is 22.7. The third kappa shape index (κ3) is 3.94. The lowest BCUT2D eigenvalue weighted by Crippen LogP contribution is -2.68. The van der Waals surface area contributed by atoms with E-state index < -0.39 is 0 Å². The first-order chi connectivity index (χ1) is 19.1. The van der Waals surface area contributed by atoms with Crippen molar-refractivity contribution in [2.24, 2.45) is 0 Å². The zero-order valence-corrected chi connectivity index (χ0v) is 21.2. The van der Waals surface area contributed by atoms with E-state index in [-0.39, 0.29) is 11.6 Å². The molecule has 0 amide bonds. The highest BCUT2D eigenvalue weighted by Crippen LogP contribution is 2.38. The summed E-state index contributed by atoms with van der Waals surface area (Å²) in [5.41, 5.74) is 5.24. The van der Waals surface area contributed by atoms with Crippen molar-refractivity contribution in [3.63, 3.8) is 0 Å². The van der Waals surface area contributed by atoms with Crippen molar-refractivity contribution >= 4 is 16.9 Å². The Bertz CT molecular complexity index is 1680. The summed E-state index contributed by atoms with van der Waals surface area (Å²) in [5, 5.41) is 15.6. The number of fused-ring (bicyclic) bond motifs is 3. The molecule has 10 heteroatoms. The van der Waals surface area contributed by atoms with Crippen molar-refractivity contribution in [3.8, 4) is 28.3 Å². The topological polar surface area (TPSA) is 99.0 Å². The van der Waals surface area contributed by atoms with E-state index in [1.54, 1.807) is 6.33 Å². The molecule has 1 aliphatic carbocycles. The number of pyridine rings is 1. The number of aromatic nitrogens is 6. The molecule has 0 spiro atoms. The van der Waals surface area contributed by atoms with Crippen molar-refractivity contribution in [1.82, 2.24) is 34.6 Å². The number of hydrogen-bond acceptors (Lipinski definition) is 7. The summed E-state index contributed by atoms with van der Waals surface area (Å²) < 4.78 is 15.7. The normalized spacial score (nSPS) is 20.9. The maximum absolute atomic E-state index is 13.7. The molecular formula is C29H27FN8O. The molecule has 3 saturated heterocycles. The fourth-order valence-electron chi connectivity index (χ4n) is 6.06. The molecule has 2 atom stereocenters. The third-order valence-electron chi connectivity index (χ3n) is 8.34. The van der Waals surface area contributed by atoms with Crippen LogP contribution in [0.3, 0.4) is 0 Å². The van der Waals surface area contributed by atoms with Crippen molar-refractivity contribution in [2.45, 2.75) is 43.9 Å². The maximum Gasteiger partial charge on any atom is 0.141 e. The molecule has 7 heterocycles. The SMILES string of the molecule is Oc1ccc(F)cc1CN1C2CC1CN(c1ccc(-c3ncnc4[nH]c(-c5cnn(C6CC6)c5)cc34)cn1)C2. The van der Waals surface area contributed by atoms with E-state index in [0.717, 1.165) is 58.9 Å². The fourth-order valence-corrected chi connectivity index (χ4v) is 6.06. The lowest BCUT2D eigenvalue weighted by Gasteiger charge is -2.56. The number of nitrogens with one attached hydrogen (secondary N) is 1. The van der Waals surface area contributed by atoms with Gasteiger partial charge in [-0.05, 0) is 55.7 Å². The second-order valence-corrected chi connectivity index (χ2v) is 10.9. The quantitative estimate of drug-likeness (QED) is 0.338. The highest BCUT2D eigenvalue weighted by molar-refractivity contribution is 5.94. The zero-order valence-electron chi connectivity index (χ0n) is 21.2. The van der Waals surface area contributed by atoms with Crippen LogP contribution in [0.15, 0.2) is 61.3 Å². The van der Waals surface area contributed by atoms with E-state index in [2.05, 4.69) is 54.2 Å². The van der Waals surface area contributed by atoms with Gasteiger partial charge in [0.2, 0.25) is 0 Å². The first-order valence-electron chi connectivity index (χ1n) is 13.4. The summed E-state index contributed by atoms with van der Waals surface area (Å²) in [6, 6.07) is 11.6. The summed E-state index contributed by atoms with van der Waals surface area (Å²) in [6.07, 6.45) is 11.0. The van der Waals surface area contributed by atoms with E-state index in [9.17, 15) is 9.50 Å². The lowest BCUT2D eigenvalue weighted by atomic mass is 9.86. The molecule has 9 rings (SSSR count). The van der Waals surface area contributed by atoms with Gasteiger partial charge in [-0.15, -0.1) is 0 Å². The van der Waals surface area contributed by atoms with Gasteiger partial charge in [-0.1, -0.05) is 0 Å². The molecule has 39 heavy (non-hydrogen) atoms. The highest BCUT2D eigenvalue weighted by atomic mass is 19.1. The number of H-pyrrole nitrogens is 1. The number of rotatable bonds is 6. The Balaban J connectivity index is 0.997. The maximum atomic E-state index is 13.7. The third-order valence-corrected chi connectivity index (χ3v) is 8.34. The standard InChI is InChI=1S/C29H27FN8O/c30-20-2-5-26(39)18(7-20)12-37-22-8-23(37)15-36(14-22)27-6-1-17(10-31-27)28-24-9-25(35-29(24)33-16-32-28)19-11-34-38(13-19)21-3-4-21/h1-2,5-7,9-11,13,16,21-23,39H,3-4,8,12,14-15H2,(H,32,33,35). The predicted octanol–water partition coefficient (Wildman–Crippen LogP) is 4.53. The number of aromatic hydroxyl groups is 1. The van der Waals surface area contributed by atoms with E-state index in [1.807, 2.05) is 17.1 Å². The number of hydrogen-bond donors (Lipinski definition) is 2. The molecule has 9 nitrogen and oxygen atoms in total. The molecule has 5 aromatic rings. The highest BCUT2D eigenvalue weighted by Gasteiger charge is 2.44. The van der Waals surface area contributed by atoms with E-state index >= 15 is 0 Å². The first-order valence-corrected chi connectivity index (χ1v) is 13.4. The average Bonchev–Trinajstić information content (AvgIpc) is 3.52. The number of phenols is 1. The molecule has 2 unspecified atom stereocenters. The van der Waals surface area contributed by atoms with Crippen LogP contribution >= 0.6 is 0 Å². The molecule has 1 saturated carbocycles. The van der Waals surface area contributed by atoms with Gasteiger partial charge in [0.25, 0.3) is 0 Å². The van der Waals surface area contributed by atoms with Gasteiger partial charge in [-0.25, -0.2) is 19.3 Å². The Morgan fingerprint density at radius 1 is 0.949 bits per heavy atom. The van der Waals surface area contributed by atoms with Crippen LogP contribution in [0.25, 0.3) is 33.5 Å². The van der Waals surface area contributed by atoms with Gasteiger partial charge < -0.3 is 15.0 Å². The van der Waals surface area contributed by atoms with Crippen LogP contribution in [-0.2, 0) is 6.54 Å². The fraction of sp³-hybridized carbons (Fsp3) is 0.310. The van der Waals surface area contributed by atoms with E-state index in [4.69, 9.17) is 4.98 Å². The number of piperazine rings is 1. The van der Waals surface area contributed by atoms with Crippen molar-refractivity contribution < 1.29 is 9.50 Å². The summed E-state index contributed by atoms with van der Waals surface area (Å²) in [4.78, 5) is 21.9. The largest absolute Gasteiger partial charge is 0.508 e. The predicted molar refractivity (Wildman–Crippen MR) is 145 cm³/mol. The number of piperidine rings is 1. The Morgan fingerprint density at radius 2 is 1.82 bits per heavy atom. The summed E-state index contributed by atoms with van der Waals surface area (Å²) in [6.45, 7) is 2.27. The number of halogens is 1. The molecule has 0 radical (unpaired) electrons. The van der Waals surface area contributed by atoms with Gasteiger partial charge in [0.15, 0.2) is 0 Å². The van der Waals surface area contributed by atoms with Crippen molar-refractivity contribution in [2.75, 3.05) is 18.0 Å². The number of nitrogens with zero attached hydrogens (tertiary/aromatic N) is 7. The smallest absolute Gasteiger partial charge is 0.141 e. The van der Waals surface area contributed by atoms with Gasteiger partial charge >= 0.3 is 0 Å². The number of phenolic OH excluding ortho intramolecular Hbond substituents is 1. The van der Waals surface area contributed by atoms with Crippen LogP contribution < -0.4 is 4.90 Å². The van der Waals surface area contributed by atoms with Crippen LogP contribution in [0.1, 0.15) is 30.9 Å². The van der Waals surface area contributed by atoms with Gasteiger partial charge in [0.1, 0.15) is 29.4 Å². The minimum absolute atomic E-state index is 0.150. The Labute approximate surface area is 224 Å². The number of aromatic amines is 1. The van der Waals surface area contributed by atoms with Crippen LogP contribution in [0.5, 0.6) is 5.75 Å². The molecule has 2 bridgehead atoms. The molecular weight excluding hydrogens is 495 g/mol. The van der Waals surface area contributed by atoms with Crippen LogP contribution in [-0.4, -0.2) is 64.9 Å².